The van der Waals surface area contributed by atoms with Gasteiger partial charge in [0.2, 0.25) is 0 Å². The van der Waals surface area contributed by atoms with E-state index in [0.29, 0.717) is 6.61 Å². The maximum Gasteiger partial charge on any atom is 0.119 e. The first kappa shape index (κ1) is 14.9. The molecular weight excluding hydrogens is 270 g/mol. The largest absolute Gasteiger partial charge is 0.492 e. The number of hydrogen-bond acceptors (Lipinski definition) is 2. The predicted octanol–water partition coefficient (Wildman–Crippen LogP) is 4.30. The molecule has 0 amide bonds. The molecule has 0 spiro atoms. The summed E-state index contributed by atoms with van der Waals surface area (Å²) >= 11 is 5.86. The van der Waals surface area contributed by atoms with Gasteiger partial charge in [-0.2, -0.15) is 0 Å². The molecule has 2 nitrogen and oxygen atoms in total. The van der Waals surface area contributed by atoms with Gasteiger partial charge in [0, 0.05) is 5.02 Å². The molecule has 1 N–H and O–H groups in total. The first-order valence-electron chi connectivity index (χ1n) is 6.72. The summed E-state index contributed by atoms with van der Waals surface area (Å²) < 4.78 is 5.83. The van der Waals surface area contributed by atoms with Gasteiger partial charge in [-0.05, 0) is 50.7 Å². The summed E-state index contributed by atoms with van der Waals surface area (Å²) in [5.41, 5.74) is 3.79. The Labute approximate surface area is 125 Å². The number of benzene rings is 2. The van der Waals surface area contributed by atoms with E-state index >= 15 is 0 Å². The molecule has 0 saturated carbocycles. The monoisotopic (exact) mass is 289 g/mol. The van der Waals surface area contributed by atoms with Crippen molar-refractivity contribution >= 4 is 11.6 Å². The van der Waals surface area contributed by atoms with Crippen molar-refractivity contribution in [3.8, 4) is 5.75 Å². The Balaban J connectivity index is 2.07. The zero-order valence-corrected chi connectivity index (χ0v) is 12.9. The second-order valence-electron chi connectivity index (χ2n) is 5.03. The van der Waals surface area contributed by atoms with E-state index < -0.39 is 0 Å². The number of halogens is 1. The third-order valence-corrected chi connectivity index (χ3v) is 3.48. The molecule has 0 fully saturated rings. The Hall–Kier alpha value is -1.51. The Kier molecular flexibility index (Phi) is 5.05. The van der Waals surface area contributed by atoms with E-state index in [2.05, 4.69) is 37.4 Å². The first-order valence-corrected chi connectivity index (χ1v) is 7.10. The van der Waals surface area contributed by atoms with Crippen LogP contribution in [0.4, 0.5) is 0 Å². The van der Waals surface area contributed by atoms with Gasteiger partial charge in [-0.15, -0.1) is 0 Å². The molecule has 1 atom stereocenters. The van der Waals surface area contributed by atoms with Crippen LogP contribution in [0, 0.1) is 13.8 Å². The van der Waals surface area contributed by atoms with Crippen LogP contribution in [-0.2, 0) is 0 Å². The van der Waals surface area contributed by atoms with Crippen molar-refractivity contribution in [1.29, 1.82) is 0 Å². The van der Waals surface area contributed by atoms with Crippen molar-refractivity contribution in [2.24, 2.45) is 0 Å². The molecule has 2 aromatic rings. The minimum atomic E-state index is 0.171. The van der Waals surface area contributed by atoms with E-state index in [-0.39, 0.29) is 6.04 Å². The summed E-state index contributed by atoms with van der Waals surface area (Å²) in [7, 11) is 1.95. The number of ether oxygens (including phenoxy) is 1. The van der Waals surface area contributed by atoms with Crippen LogP contribution < -0.4 is 10.1 Å². The van der Waals surface area contributed by atoms with Gasteiger partial charge >= 0.3 is 0 Å². The van der Waals surface area contributed by atoms with Crippen molar-refractivity contribution in [2.45, 2.75) is 19.9 Å². The highest BCUT2D eigenvalue weighted by atomic mass is 35.5. The number of hydrogen-bond donors (Lipinski definition) is 1. The minimum Gasteiger partial charge on any atom is -0.492 e. The van der Waals surface area contributed by atoms with Crippen LogP contribution in [0.25, 0.3) is 0 Å². The van der Waals surface area contributed by atoms with Crippen LogP contribution in [0.15, 0.2) is 42.5 Å². The van der Waals surface area contributed by atoms with Crippen molar-refractivity contribution in [2.75, 3.05) is 13.7 Å². The molecule has 0 radical (unpaired) electrons. The van der Waals surface area contributed by atoms with Gasteiger partial charge in [-0.3, -0.25) is 0 Å². The Bertz CT molecular complexity index is 545. The van der Waals surface area contributed by atoms with Crippen LogP contribution in [0.5, 0.6) is 5.75 Å². The van der Waals surface area contributed by atoms with Gasteiger partial charge in [0.1, 0.15) is 12.4 Å². The highest BCUT2D eigenvalue weighted by Gasteiger charge is 2.11. The highest BCUT2D eigenvalue weighted by Crippen LogP contribution is 2.20. The number of rotatable bonds is 5. The molecule has 0 aliphatic rings. The van der Waals surface area contributed by atoms with E-state index in [9.17, 15) is 0 Å². The fourth-order valence-electron chi connectivity index (χ4n) is 2.27. The van der Waals surface area contributed by atoms with Gasteiger partial charge in [-0.25, -0.2) is 0 Å². The average molecular weight is 290 g/mol. The SMILES string of the molecule is CNC(COc1ccc(Cl)cc1)c1cc(C)cc(C)c1. The molecule has 0 aliphatic heterocycles. The zero-order chi connectivity index (χ0) is 14.5. The fraction of sp³-hybridized carbons (Fsp3) is 0.294. The number of nitrogens with one attached hydrogen (secondary N) is 1. The van der Waals surface area contributed by atoms with Crippen LogP contribution in [0.1, 0.15) is 22.7 Å². The quantitative estimate of drug-likeness (QED) is 0.886. The summed E-state index contributed by atoms with van der Waals surface area (Å²) in [5, 5.41) is 4.02. The normalized spacial score (nSPS) is 12.2. The van der Waals surface area contributed by atoms with E-state index in [4.69, 9.17) is 16.3 Å². The van der Waals surface area contributed by atoms with Gasteiger partial charge in [0.25, 0.3) is 0 Å². The maximum atomic E-state index is 5.86. The van der Waals surface area contributed by atoms with Crippen molar-refractivity contribution < 1.29 is 4.74 Å². The predicted molar refractivity (Wildman–Crippen MR) is 84.7 cm³/mol. The lowest BCUT2D eigenvalue weighted by atomic mass is 10.0. The van der Waals surface area contributed by atoms with Crippen LogP contribution in [0.2, 0.25) is 5.02 Å². The summed E-state index contributed by atoms with van der Waals surface area (Å²) in [4.78, 5) is 0. The third-order valence-electron chi connectivity index (χ3n) is 3.23. The number of aryl methyl sites for hydroxylation is 2. The van der Waals surface area contributed by atoms with Gasteiger partial charge in [0.05, 0.1) is 6.04 Å². The Morgan fingerprint density at radius 1 is 1.05 bits per heavy atom. The first-order chi connectivity index (χ1) is 9.58. The zero-order valence-electron chi connectivity index (χ0n) is 12.1. The standard InChI is InChI=1S/C17H20ClNO/c1-12-8-13(2)10-14(9-12)17(19-3)11-20-16-6-4-15(18)5-7-16/h4-10,17,19H,11H2,1-3H3. The highest BCUT2D eigenvalue weighted by molar-refractivity contribution is 6.30. The molecule has 0 bridgehead atoms. The number of likely N-dealkylation sites (N-methyl/N-ethyl adjacent to an activating group) is 1. The van der Waals surface area contributed by atoms with Crippen LogP contribution in [0.3, 0.4) is 0 Å². The molecule has 3 heteroatoms. The second-order valence-corrected chi connectivity index (χ2v) is 5.46. The van der Waals surface area contributed by atoms with Crippen molar-refractivity contribution in [3.63, 3.8) is 0 Å². The minimum absolute atomic E-state index is 0.171. The van der Waals surface area contributed by atoms with E-state index in [1.165, 1.54) is 16.7 Å². The molecule has 2 rings (SSSR count). The van der Waals surface area contributed by atoms with Crippen LogP contribution >= 0.6 is 11.6 Å². The van der Waals surface area contributed by atoms with Crippen LogP contribution in [-0.4, -0.2) is 13.7 Å². The molecular formula is C17H20ClNO. The molecule has 1 unspecified atom stereocenters. The summed E-state index contributed by atoms with van der Waals surface area (Å²) in [5.74, 6) is 0.832. The Morgan fingerprint density at radius 3 is 2.20 bits per heavy atom. The molecule has 0 saturated heterocycles. The van der Waals surface area contributed by atoms with E-state index in [0.717, 1.165) is 10.8 Å². The molecule has 106 valence electrons. The fourth-order valence-corrected chi connectivity index (χ4v) is 2.39. The lowest BCUT2D eigenvalue weighted by molar-refractivity contribution is 0.273. The van der Waals surface area contributed by atoms with Crippen molar-refractivity contribution in [3.05, 3.63) is 64.2 Å². The topological polar surface area (TPSA) is 21.3 Å². The molecule has 0 heterocycles. The summed E-state index contributed by atoms with van der Waals surface area (Å²) in [6.45, 7) is 4.81. The summed E-state index contributed by atoms with van der Waals surface area (Å²) in [6, 6.07) is 14.2. The Morgan fingerprint density at radius 2 is 1.65 bits per heavy atom. The molecule has 2 aromatic carbocycles. The average Bonchev–Trinajstić information content (AvgIpc) is 2.40. The lowest BCUT2D eigenvalue weighted by Gasteiger charge is -2.18. The molecule has 20 heavy (non-hydrogen) atoms. The van der Waals surface area contributed by atoms with Crippen molar-refractivity contribution in [1.82, 2.24) is 5.32 Å². The third kappa shape index (κ3) is 3.99. The summed E-state index contributed by atoms with van der Waals surface area (Å²) in [6.07, 6.45) is 0. The van der Waals surface area contributed by atoms with E-state index in [1.807, 2.05) is 31.3 Å². The molecule has 0 aromatic heterocycles. The second kappa shape index (κ2) is 6.78. The van der Waals surface area contributed by atoms with E-state index in [1.54, 1.807) is 0 Å². The smallest absolute Gasteiger partial charge is 0.119 e. The van der Waals surface area contributed by atoms with Gasteiger partial charge < -0.3 is 10.1 Å². The lowest BCUT2D eigenvalue weighted by Crippen LogP contribution is -2.23. The maximum absolute atomic E-state index is 5.86. The van der Waals surface area contributed by atoms with Gasteiger partial charge in [0.15, 0.2) is 0 Å². The van der Waals surface area contributed by atoms with Gasteiger partial charge in [-0.1, -0.05) is 40.9 Å². The molecule has 0 aliphatic carbocycles.